The van der Waals surface area contributed by atoms with E-state index in [2.05, 4.69) is 10.3 Å². The highest BCUT2D eigenvalue weighted by atomic mass is 19.1. The van der Waals surface area contributed by atoms with E-state index in [0.717, 1.165) is 38.2 Å². The lowest BCUT2D eigenvalue weighted by atomic mass is 9.87. The number of aromatic nitrogens is 1. The number of urea groups is 1. The molecule has 1 saturated heterocycles. The minimum Gasteiger partial charge on any atom is -0.356 e. The molecule has 1 aromatic heterocycles. The highest BCUT2D eigenvalue weighted by Gasteiger charge is 2.53. The van der Waals surface area contributed by atoms with E-state index < -0.39 is 29.8 Å². The first kappa shape index (κ1) is 25.7. The summed E-state index contributed by atoms with van der Waals surface area (Å²) in [6.07, 6.45) is 0.352. The van der Waals surface area contributed by atoms with Gasteiger partial charge in [0, 0.05) is 35.1 Å². The Bertz CT molecular complexity index is 1900. The first-order chi connectivity index (χ1) is 20.4. The first-order valence-electron chi connectivity index (χ1n) is 13.9. The van der Waals surface area contributed by atoms with Gasteiger partial charge in [-0.3, -0.25) is 14.5 Å². The molecule has 3 heterocycles. The number of aromatic amines is 1. The maximum Gasteiger partial charge on any atom is 0.332 e. The zero-order chi connectivity index (χ0) is 29.0. The van der Waals surface area contributed by atoms with E-state index in [4.69, 9.17) is 0 Å². The summed E-state index contributed by atoms with van der Waals surface area (Å²) < 4.78 is 14.2. The zero-order valence-corrected chi connectivity index (χ0v) is 22.8. The van der Waals surface area contributed by atoms with Gasteiger partial charge in [-0.2, -0.15) is 0 Å². The Morgan fingerprint density at radius 3 is 2.48 bits per heavy atom. The molecule has 2 unspecified atom stereocenters. The highest BCUT2D eigenvalue weighted by Crippen LogP contribution is 2.45. The smallest absolute Gasteiger partial charge is 0.332 e. The van der Waals surface area contributed by atoms with Crippen molar-refractivity contribution in [2.45, 2.75) is 32.0 Å². The largest absolute Gasteiger partial charge is 0.356 e. The Labute approximate surface area is 241 Å². The van der Waals surface area contributed by atoms with Crippen LogP contribution >= 0.6 is 0 Å². The topological polar surface area (TPSA) is 85.5 Å². The summed E-state index contributed by atoms with van der Waals surface area (Å²) in [5, 5.41) is 3.76. The van der Waals surface area contributed by atoms with Gasteiger partial charge in [0.15, 0.2) is 0 Å². The van der Waals surface area contributed by atoms with Gasteiger partial charge in [-0.15, -0.1) is 0 Å². The standard InChI is InChI=1S/C34H27FN4O3/c1-20-10-2-4-12-22(20)31-30-25(23-13-5-8-16-27(23)37-30)18-29-33(41)39(34(42)38(29)31)28-17-9-6-14-24(28)32(40)36-19-21-11-3-7-15-26(21)35/h2-17,29,31,37H,18-19H2,1H3,(H,36,40). The molecular formula is C34H27FN4O3. The number of imide groups is 1. The molecule has 0 saturated carbocycles. The van der Waals surface area contributed by atoms with Gasteiger partial charge in [0.05, 0.1) is 11.3 Å². The van der Waals surface area contributed by atoms with Gasteiger partial charge in [-0.25, -0.2) is 14.1 Å². The predicted molar refractivity (Wildman–Crippen MR) is 158 cm³/mol. The zero-order valence-electron chi connectivity index (χ0n) is 22.8. The molecule has 7 nitrogen and oxygen atoms in total. The third kappa shape index (κ3) is 3.98. The van der Waals surface area contributed by atoms with Gasteiger partial charge in [0.1, 0.15) is 17.9 Å². The molecule has 0 bridgehead atoms. The number of hydrogen-bond donors (Lipinski definition) is 2. The quantitative estimate of drug-likeness (QED) is 0.259. The molecule has 2 aliphatic rings. The fourth-order valence-corrected chi connectivity index (χ4v) is 6.29. The predicted octanol–water partition coefficient (Wildman–Crippen LogP) is 6.03. The number of carbonyl (C=O) groups is 3. The molecular weight excluding hydrogens is 531 g/mol. The maximum atomic E-state index is 14.3. The number of rotatable bonds is 5. The van der Waals surface area contributed by atoms with Crippen LogP contribution in [0.3, 0.4) is 0 Å². The van der Waals surface area contributed by atoms with Gasteiger partial charge in [-0.1, -0.05) is 72.8 Å². The van der Waals surface area contributed by atoms with E-state index in [9.17, 15) is 18.8 Å². The molecule has 1 fully saturated rings. The molecule has 2 N–H and O–H groups in total. The second-order valence-corrected chi connectivity index (χ2v) is 10.7. The van der Waals surface area contributed by atoms with Crippen LogP contribution in [0, 0.1) is 12.7 Å². The molecule has 2 atom stereocenters. The van der Waals surface area contributed by atoms with Crippen molar-refractivity contribution >= 4 is 34.4 Å². The third-order valence-electron chi connectivity index (χ3n) is 8.32. The molecule has 0 aliphatic carbocycles. The van der Waals surface area contributed by atoms with Gasteiger partial charge in [0.25, 0.3) is 11.8 Å². The summed E-state index contributed by atoms with van der Waals surface area (Å²) in [6.45, 7) is 1.96. The molecule has 208 valence electrons. The van der Waals surface area contributed by atoms with Crippen molar-refractivity contribution in [2.24, 2.45) is 0 Å². The van der Waals surface area contributed by atoms with Crippen molar-refractivity contribution in [1.29, 1.82) is 0 Å². The second kappa shape index (κ2) is 9.99. The minimum absolute atomic E-state index is 0.0342. The monoisotopic (exact) mass is 558 g/mol. The number of benzene rings is 4. The molecule has 5 aromatic rings. The van der Waals surface area contributed by atoms with Crippen LogP contribution in [0.2, 0.25) is 0 Å². The van der Waals surface area contributed by atoms with Crippen LogP contribution < -0.4 is 10.2 Å². The third-order valence-corrected chi connectivity index (χ3v) is 8.32. The van der Waals surface area contributed by atoms with E-state index in [1.807, 2.05) is 55.5 Å². The molecule has 4 amide bonds. The van der Waals surface area contributed by atoms with Crippen molar-refractivity contribution < 1.29 is 18.8 Å². The summed E-state index contributed by atoms with van der Waals surface area (Å²) in [5.41, 5.74) is 5.48. The number of hydrogen-bond acceptors (Lipinski definition) is 3. The summed E-state index contributed by atoms with van der Waals surface area (Å²) in [6, 6.07) is 26.8. The van der Waals surface area contributed by atoms with E-state index in [-0.39, 0.29) is 23.7 Å². The average molecular weight is 559 g/mol. The fourth-order valence-electron chi connectivity index (χ4n) is 6.29. The van der Waals surface area contributed by atoms with Gasteiger partial charge >= 0.3 is 6.03 Å². The van der Waals surface area contributed by atoms with Crippen LogP contribution in [0.1, 0.15) is 44.3 Å². The Morgan fingerprint density at radius 2 is 1.64 bits per heavy atom. The van der Waals surface area contributed by atoms with Gasteiger partial charge < -0.3 is 10.3 Å². The lowest BCUT2D eigenvalue weighted by Crippen LogP contribution is -2.44. The second-order valence-electron chi connectivity index (χ2n) is 10.7. The Kier molecular flexibility index (Phi) is 6.12. The van der Waals surface area contributed by atoms with Crippen molar-refractivity contribution in [1.82, 2.24) is 15.2 Å². The van der Waals surface area contributed by atoms with Crippen LogP contribution in [0.5, 0.6) is 0 Å². The summed E-state index contributed by atoms with van der Waals surface area (Å²) in [7, 11) is 0. The Hall–Kier alpha value is -5.24. The number of nitrogens with one attached hydrogen (secondary N) is 2. The van der Waals surface area contributed by atoms with E-state index in [1.165, 1.54) is 6.07 Å². The number of amides is 4. The maximum absolute atomic E-state index is 14.3. The number of fused-ring (bicyclic) bond motifs is 4. The average Bonchev–Trinajstić information content (AvgIpc) is 3.50. The molecule has 42 heavy (non-hydrogen) atoms. The number of H-pyrrole nitrogens is 1. The summed E-state index contributed by atoms with van der Waals surface area (Å²) >= 11 is 0. The summed E-state index contributed by atoms with van der Waals surface area (Å²) in [5.74, 6) is -1.32. The van der Waals surface area contributed by atoms with Gasteiger partial charge in [-0.05, 0) is 47.9 Å². The highest BCUT2D eigenvalue weighted by molar-refractivity contribution is 6.24. The van der Waals surface area contributed by atoms with Crippen molar-refractivity contribution in [3.05, 3.63) is 136 Å². The van der Waals surface area contributed by atoms with E-state index in [1.54, 1.807) is 47.4 Å². The van der Waals surface area contributed by atoms with Gasteiger partial charge in [0.2, 0.25) is 0 Å². The van der Waals surface area contributed by atoms with E-state index in [0.29, 0.717) is 12.0 Å². The Balaban J connectivity index is 1.29. The van der Waals surface area contributed by atoms with E-state index >= 15 is 0 Å². The lowest BCUT2D eigenvalue weighted by molar-refractivity contribution is -0.120. The van der Waals surface area contributed by atoms with Crippen molar-refractivity contribution in [3.8, 4) is 0 Å². The number of carbonyl (C=O) groups excluding carboxylic acids is 3. The van der Waals surface area contributed by atoms with Crippen LogP contribution in [-0.4, -0.2) is 33.8 Å². The van der Waals surface area contributed by atoms with Crippen LogP contribution in [-0.2, 0) is 17.8 Å². The lowest BCUT2D eigenvalue weighted by Gasteiger charge is -2.36. The minimum atomic E-state index is -0.747. The molecule has 2 aliphatic heterocycles. The number of para-hydroxylation sites is 2. The van der Waals surface area contributed by atoms with Crippen molar-refractivity contribution in [3.63, 3.8) is 0 Å². The molecule has 0 radical (unpaired) electrons. The fraction of sp³-hybridized carbons (Fsp3) is 0.147. The number of halogens is 1. The normalized spacial score (nSPS) is 17.9. The van der Waals surface area contributed by atoms with Crippen LogP contribution in [0.25, 0.3) is 10.9 Å². The number of anilines is 1. The molecule has 4 aromatic carbocycles. The van der Waals surface area contributed by atoms with Crippen molar-refractivity contribution in [2.75, 3.05) is 4.90 Å². The van der Waals surface area contributed by atoms with Crippen LogP contribution in [0.15, 0.2) is 97.1 Å². The van der Waals surface area contributed by atoms with Crippen LogP contribution in [0.4, 0.5) is 14.9 Å². The number of aryl methyl sites for hydroxylation is 1. The molecule has 8 heteroatoms. The SMILES string of the molecule is Cc1ccccc1C1c2[nH]c3ccccc3c2CC2C(=O)N(c3ccccc3C(=O)NCc3ccccc3F)C(=O)N21. The Morgan fingerprint density at radius 1 is 0.929 bits per heavy atom. The number of nitrogens with zero attached hydrogens (tertiary/aromatic N) is 2. The first-order valence-corrected chi connectivity index (χ1v) is 13.9. The summed E-state index contributed by atoms with van der Waals surface area (Å²) in [4.78, 5) is 48.1. The molecule has 0 spiro atoms. The molecule has 7 rings (SSSR count).